The Labute approximate surface area is 105 Å². The fraction of sp³-hybridized carbons (Fsp3) is 0.600. The highest BCUT2D eigenvalue weighted by atomic mass is 15.2. The lowest BCUT2D eigenvalue weighted by atomic mass is 9.97. The first-order chi connectivity index (χ1) is 7.88. The molecular weight excluding hydrogens is 208 g/mol. The fourth-order valence-corrected chi connectivity index (χ4v) is 1.51. The summed E-state index contributed by atoms with van der Waals surface area (Å²) in [6.07, 6.45) is 0.970. The van der Waals surface area contributed by atoms with Gasteiger partial charge >= 0.3 is 0 Å². The fourth-order valence-electron chi connectivity index (χ4n) is 1.51. The zero-order valence-electron chi connectivity index (χ0n) is 11.6. The second-order valence-corrected chi connectivity index (χ2v) is 5.89. The molecule has 0 spiro atoms. The van der Waals surface area contributed by atoms with Gasteiger partial charge in [0.25, 0.3) is 0 Å². The molecule has 1 aromatic carbocycles. The van der Waals surface area contributed by atoms with Crippen molar-refractivity contribution < 1.29 is 0 Å². The lowest BCUT2D eigenvalue weighted by Crippen LogP contribution is -2.18. The minimum Gasteiger partial charge on any atom is -0.190 e. The molecule has 1 unspecified atom stereocenters. The average Bonchev–Trinajstić information content (AvgIpc) is 2.24. The normalized spacial score (nSPS) is 14.5. The molecule has 1 aromatic rings. The summed E-state index contributed by atoms with van der Waals surface area (Å²) >= 11 is 0. The molecule has 0 aliphatic rings. The Morgan fingerprint density at radius 2 is 1.65 bits per heavy atom. The molecule has 2 heteroatoms. The van der Waals surface area contributed by atoms with Crippen molar-refractivity contribution in [3.63, 3.8) is 0 Å². The Kier molecular flexibility index (Phi) is 4.86. The molecule has 0 fully saturated rings. The number of azo groups is 1. The summed E-state index contributed by atoms with van der Waals surface area (Å²) < 4.78 is 0. The van der Waals surface area contributed by atoms with Crippen LogP contribution >= 0.6 is 0 Å². The van der Waals surface area contributed by atoms with E-state index in [1.165, 1.54) is 5.56 Å². The Balaban J connectivity index is 2.71. The second-order valence-electron chi connectivity index (χ2n) is 5.89. The van der Waals surface area contributed by atoms with E-state index < -0.39 is 0 Å². The third kappa shape index (κ3) is 5.62. The highest BCUT2D eigenvalue weighted by molar-refractivity contribution is 5.16. The SMILES string of the molecule is CC(C)C(Cc1ccccc1)N=NC(C)(C)C. The maximum Gasteiger partial charge on any atom is 0.0771 e. The predicted molar refractivity (Wildman–Crippen MR) is 73.4 cm³/mol. The molecule has 0 saturated heterocycles. The monoisotopic (exact) mass is 232 g/mol. The lowest BCUT2D eigenvalue weighted by molar-refractivity contribution is 0.436. The van der Waals surface area contributed by atoms with Crippen molar-refractivity contribution in [1.29, 1.82) is 0 Å². The third-order valence-corrected chi connectivity index (χ3v) is 2.56. The van der Waals surface area contributed by atoms with E-state index in [1.54, 1.807) is 0 Å². The molecule has 17 heavy (non-hydrogen) atoms. The van der Waals surface area contributed by atoms with E-state index in [0.717, 1.165) is 6.42 Å². The van der Waals surface area contributed by atoms with Crippen LogP contribution in [-0.4, -0.2) is 11.6 Å². The second kappa shape index (κ2) is 5.95. The van der Waals surface area contributed by atoms with Crippen molar-refractivity contribution in [3.8, 4) is 0 Å². The molecular formula is C15H24N2. The smallest absolute Gasteiger partial charge is 0.0771 e. The minimum atomic E-state index is -0.0795. The van der Waals surface area contributed by atoms with Gasteiger partial charge in [-0.05, 0) is 38.7 Å². The van der Waals surface area contributed by atoms with Crippen LogP contribution in [0.1, 0.15) is 40.2 Å². The summed E-state index contributed by atoms with van der Waals surface area (Å²) in [4.78, 5) is 0. The Morgan fingerprint density at radius 3 is 2.12 bits per heavy atom. The maximum atomic E-state index is 4.51. The van der Waals surface area contributed by atoms with Crippen LogP contribution in [0.25, 0.3) is 0 Å². The van der Waals surface area contributed by atoms with Crippen molar-refractivity contribution in [1.82, 2.24) is 0 Å². The van der Waals surface area contributed by atoms with Crippen LogP contribution in [0, 0.1) is 5.92 Å². The number of hydrogen-bond acceptors (Lipinski definition) is 2. The van der Waals surface area contributed by atoms with Gasteiger partial charge in [0, 0.05) is 0 Å². The first kappa shape index (κ1) is 13.9. The molecule has 0 N–H and O–H groups in total. The van der Waals surface area contributed by atoms with Crippen LogP contribution < -0.4 is 0 Å². The number of rotatable bonds is 4. The van der Waals surface area contributed by atoms with E-state index in [2.05, 4.69) is 69.1 Å². The minimum absolute atomic E-state index is 0.0795. The van der Waals surface area contributed by atoms with Crippen LogP contribution in [0.15, 0.2) is 40.6 Å². The third-order valence-electron chi connectivity index (χ3n) is 2.56. The summed E-state index contributed by atoms with van der Waals surface area (Å²) in [5.74, 6) is 0.515. The summed E-state index contributed by atoms with van der Waals surface area (Å²) in [7, 11) is 0. The predicted octanol–water partition coefficient (Wildman–Crippen LogP) is 4.50. The topological polar surface area (TPSA) is 24.7 Å². The van der Waals surface area contributed by atoms with E-state index in [9.17, 15) is 0 Å². The first-order valence-electron chi connectivity index (χ1n) is 6.34. The quantitative estimate of drug-likeness (QED) is 0.683. The van der Waals surface area contributed by atoms with Gasteiger partial charge in [-0.3, -0.25) is 0 Å². The average molecular weight is 232 g/mol. The van der Waals surface area contributed by atoms with Gasteiger partial charge in [-0.15, -0.1) is 0 Å². The van der Waals surface area contributed by atoms with E-state index in [-0.39, 0.29) is 11.6 Å². The van der Waals surface area contributed by atoms with E-state index in [1.807, 2.05) is 6.07 Å². The van der Waals surface area contributed by atoms with Gasteiger partial charge in [0.05, 0.1) is 11.6 Å². The summed E-state index contributed by atoms with van der Waals surface area (Å²) in [6, 6.07) is 10.8. The van der Waals surface area contributed by atoms with Crippen molar-refractivity contribution in [2.45, 2.75) is 52.6 Å². The molecule has 0 aliphatic heterocycles. The number of nitrogens with zero attached hydrogens (tertiary/aromatic N) is 2. The molecule has 94 valence electrons. The van der Waals surface area contributed by atoms with Gasteiger partial charge in [0.2, 0.25) is 0 Å². The molecule has 0 amide bonds. The summed E-state index contributed by atoms with van der Waals surface area (Å²) in [5.41, 5.74) is 1.25. The van der Waals surface area contributed by atoms with Crippen molar-refractivity contribution >= 4 is 0 Å². The molecule has 1 rings (SSSR count). The Hall–Kier alpha value is -1.18. The number of hydrogen-bond donors (Lipinski definition) is 0. The van der Waals surface area contributed by atoms with Crippen molar-refractivity contribution in [2.24, 2.45) is 16.1 Å². The van der Waals surface area contributed by atoms with Crippen molar-refractivity contribution in [3.05, 3.63) is 35.9 Å². The van der Waals surface area contributed by atoms with Gasteiger partial charge in [0.15, 0.2) is 0 Å². The molecule has 0 aliphatic carbocycles. The molecule has 0 aromatic heterocycles. The Bertz CT molecular complexity index is 347. The van der Waals surface area contributed by atoms with Crippen LogP contribution in [0.3, 0.4) is 0 Å². The molecule has 0 radical (unpaired) electrons. The molecule has 0 bridgehead atoms. The van der Waals surface area contributed by atoms with E-state index in [0.29, 0.717) is 5.92 Å². The van der Waals surface area contributed by atoms with Crippen LogP contribution in [0.4, 0.5) is 0 Å². The zero-order valence-corrected chi connectivity index (χ0v) is 11.6. The molecule has 0 heterocycles. The standard InChI is InChI=1S/C15H24N2/c1-12(2)14(16-17-15(3,4)5)11-13-9-7-6-8-10-13/h6-10,12,14H,11H2,1-5H3. The van der Waals surface area contributed by atoms with Gasteiger partial charge in [0.1, 0.15) is 0 Å². The highest BCUT2D eigenvalue weighted by Crippen LogP contribution is 2.16. The van der Waals surface area contributed by atoms with Gasteiger partial charge in [-0.1, -0.05) is 44.2 Å². The maximum absolute atomic E-state index is 4.51. The van der Waals surface area contributed by atoms with Crippen LogP contribution in [0.2, 0.25) is 0 Å². The zero-order chi connectivity index (χ0) is 12.9. The summed E-state index contributed by atoms with van der Waals surface area (Å²) in [6.45, 7) is 10.6. The largest absolute Gasteiger partial charge is 0.190 e. The van der Waals surface area contributed by atoms with E-state index in [4.69, 9.17) is 0 Å². The molecule has 1 atom stereocenters. The first-order valence-corrected chi connectivity index (χ1v) is 6.34. The summed E-state index contributed by atoms with van der Waals surface area (Å²) in [5, 5.41) is 8.91. The lowest BCUT2D eigenvalue weighted by Gasteiger charge is -2.18. The van der Waals surface area contributed by atoms with Gasteiger partial charge < -0.3 is 0 Å². The van der Waals surface area contributed by atoms with Crippen LogP contribution in [0.5, 0.6) is 0 Å². The molecule has 2 nitrogen and oxygen atoms in total. The van der Waals surface area contributed by atoms with E-state index >= 15 is 0 Å². The number of benzene rings is 1. The van der Waals surface area contributed by atoms with Gasteiger partial charge in [-0.2, -0.15) is 10.2 Å². The highest BCUT2D eigenvalue weighted by Gasteiger charge is 2.15. The van der Waals surface area contributed by atoms with Gasteiger partial charge in [-0.25, -0.2) is 0 Å². The molecule has 0 saturated carbocycles. The Morgan fingerprint density at radius 1 is 1.06 bits per heavy atom. The van der Waals surface area contributed by atoms with Crippen LogP contribution in [-0.2, 0) is 6.42 Å². The van der Waals surface area contributed by atoms with Crippen molar-refractivity contribution in [2.75, 3.05) is 0 Å².